The Labute approximate surface area is 189 Å². The van der Waals surface area contributed by atoms with Crippen molar-refractivity contribution >= 4 is 11.6 Å². The molecule has 0 radical (unpaired) electrons. The molecule has 1 aliphatic heterocycles. The number of rotatable bonds is 11. The van der Waals surface area contributed by atoms with Crippen LogP contribution in [0.25, 0.3) is 0 Å². The van der Waals surface area contributed by atoms with Gasteiger partial charge < -0.3 is 34.0 Å². The van der Waals surface area contributed by atoms with Crippen LogP contribution >= 0.6 is 0 Å². The second-order valence-electron chi connectivity index (χ2n) is 7.33. The minimum Gasteiger partial charge on any atom is -0.493 e. The molecule has 0 bridgehead atoms. The van der Waals surface area contributed by atoms with Gasteiger partial charge in [0.25, 0.3) is 0 Å². The van der Waals surface area contributed by atoms with Crippen molar-refractivity contribution in [1.29, 1.82) is 0 Å². The molecule has 2 aromatic rings. The zero-order valence-electron chi connectivity index (χ0n) is 19.2. The molecule has 9 heteroatoms. The molecule has 9 nitrogen and oxygen atoms in total. The first kappa shape index (κ1) is 23.7. The third kappa shape index (κ3) is 7.06. The van der Waals surface area contributed by atoms with Gasteiger partial charge >= 0.3 is 0 Å². The standard InChI is InChI=1S/C23H34N4O5/c1-28-20-16-18(17-21(29-2)22(20)30-3)26-23(25-9-7-19-6-4-13-32-19)24-8-5-10-27-11-14-31-15-12-27/h4,6,13,16-17H,5,7-12,14-15H2,1-3H3,(H2,24,25,26). The highest BCUT2D eigenvalue weighted by atomic mass is 16.5. The van der Waals surface area contributed by atoms with Crippen LogP contribution in [0.2, 0.25) is 0 Å². The number of benzene rings is 1. The summed E-state index contributed by atoms with van der Waals surface area (Å²) in [5, 5.41) is 6.74. The van der Waals surface area contributed by atoms with Crippen LogP contribution in [-0.4, -0.2) is 78.1 Å². The van der Waals surface area contributed by atoms with Gasteiger partial charge in [0.1, 0.15) is 5.76 Å². The first-order chi connectivity index (χ1) is 15.7. The largest absolute Gasteiger partial charge is 0.493 e. The number of nitrogens with zero attached hydrogens (tertiary/aromatic N) is 2. The van der Waals surface area contributed by atoms with Crippen molar-refractivity contribution in [3.8, 4) is 17.2 Å². The van der Waals surface area contributed by atoms with Crippen LogP contribution in [0.3, 0.4) is 0 Å². The fourth-order valence-electron chi connectivity index (χ4n) is 3.50. The number of morpholine rings is 1. The van der Waals surface area contributed by atoms with Crippen molar-refractivity contribution in [2.24, 2.45) is 4.99 Å². The number of guanidine groups is 1. The van der Waals surface area contributed by atoms with E-state index in [2.05, 4.69) is 15.5 Å². The zero-order chi connectivity index (χ0) is 22.6. The number of aliphatic imine (C=N–C) groups is 1. The van der Waals surface area contributed by atoms with Gasteiger partial charge in [-0.05, 0) is 18.6 Å². The summed E-state index contributed by atoms with van der Waals surface area (Å²) < 4.78 is 27.2. The number of furan rings is 1. The number of methoxy groups -OCH3 is 3. The van der Waals surface area contributed by atoms with E-state index in [1.807, 2.05) is 24.3 Å². The molecule has 1 aromatic heterocycles. The Balaban J connectivity index is 1.64. The lowest BCUT2D eigenvalue weighted by atomic mass is 10.2. The molecular formula is C23H34N4O5. The predicted octanol–water partition coefficient (Wildman–Crippen LogP) is 2.63. The maximum Gasteiger partial charge on any atom is 0.203 e. The summed E-state index contributed by atoms with van der Waals surface area (Å²) in [6, 6.07) is 7.58. The van der Waals surface area contributed by atoms with E-state index in [9.17, 15) is 0 Å². The third-order valence-corrected chi connectivity index (χ3v) is 5.18. The van der Waals surface area contributed by atoms with Crippen LogP contribution < -0.4 is 24.8 Å². The molecule has 1 aliphatic rings. The average Bonchev–Trinajstić information content (AvgIpc) is 3.35. The third-order valence-electron chi connectivity index (χ3n) is 5.18. The van der Waals surface area contributed by atoms with E-state index in [-0.39, 0.29) is 0 Å². The topological polar surface area (TPSA) is 89.7 Å². The summed E-state index contributed by atoms with van der Waals surface area (Å²) in [4.78, 5) is 7.18. The number of ether oxygens (including phenoxy) is 4. The maximum absolute atomic E-state index is 5.46. The maximum atomic E-state index is 5.46. The van der Waals surface area contributed by atoms with Crippen LogP contribution in [-0.2, 0) is 11.2 Å². The van der Waals surface area contributed by atoms with Crippen LogP contribution in [0.1, 0.15) is 12.2 Å². The first-order valence-corrected chi connectivity index (χ1v) is 10.9. The summed E-state index contributed by atoms with van der Waals surface area (Å²) in [6.07, 6.45) is 3.42. The fraction of sp³-hybridized carbons (Fsp3) is 0.522. The van der Waals surface area contributed by atoms with Crippen molar-refractivity contribution in [2.45, 2.75) is 12.8 Å². The summed E-state index contributed by atoms with van der Waals surface area (Å²) in [6.45, 7) is 6.00. The van der Waals surface area contributed by atoms with E-state index >= 15 is 0 Å². The quantitative estimate of drug-likeness (QED) is 0.309. The van der Waals surface area contributed by atoms with Gasteiger partial charge in [-0.15, -0.1) is 0 Å². The second-order valence-corrected chi connectivity index (χ2v) is 7.33. The van der Waals surface area contributed by atoms with Gasteiger partial charge in [0.15, 0.2) is 17.5 Å². The van der Waals surface area contributed by atoms with Crippen molar-refractivity contribution in [3.63, 3.8) is 0 Å². The van der Waals surface area contributed by atoms with E-state index in [0.717, 1.165) is 57.1 Å². The van der Waals surface area contributed by atoms with Crippen LogP contribution in [0.5, 0.6) is 17.2 Å². The Morgan fingerprint density at radius 3 is 2.47 bits per heavy atom. The van der Waals surface area contributed by atoms with Gasteiger partial charge in [-0.3, -0.25) is 9.89 Å². The van der Waals surface area contributed by atoms with Crippen LogP contribution in [0.4, 0.5) is 5.69 Å². The smallest absolute Gasteiger partial charge is 0.203 e. The number of hydrogen-bond donors (Lipinski definition) is 2. The molecule has 176 valence electrons. The normalized spacial score (nSPS) is 14.8. The Kier molecular flexibility index (Phi) is 9.52. The molecule has 0 atom stereocenters. The molecule has 2 heterocycles. The Bertz CT molecular complexity index is 810. The van der Waals surface area contributed by atoms with E-state index < -0.39 is 0 Å². The molecule has 0 spiro atoms. The van der Waals surface area contributed by atoms with E-state index in [0.29, 0.717) is 36.3 Å². The van der Waals surface area contributed by atoms with Crippen LogP contribution in [0.15, 0.2) is 39.9 Å². The first-order valence-electron chi connectivity index (χ1n) is 10.9. The number of anilines is 1. The van der Waals surface area contributed by atoms with Crippen molar-refractivity contribution in [3.05, 3.63) is 36.3 Å². The minimum absolute atomic E-state index is 0.551. The van der Waals surface area contributed by atoms with Gasteiger partial charge in [0.2, 0.25) is 5.75 Å². The lowest BCUT2D eigenvalue weighted by molar-refractivity contribution is 0.0377. The summed E-state index contributed by atoms with van der Waals surface area (Å²) >= 11 is 0. The van der Waals surface area contributed by atoms with Crippen molar-refractivity contribution in [1.82, 2.24) is 10.2 Å². The van der Waals surface area contributed by atoms with E-state index in [4.69, 9.17) is 28.4 Å². The summed E-state index contributed by atoms with van der Waals surface area (Å²) in [5.74, 6) is 3.33. The SMILES string of the molecule is COc1cc(NC(=NCCCN2CCOCC2)NCCc2ccco2)cc(OC)c1OC. The second kappa shape index (κ2) is 12.8. The van der Waals surface area contributed by atoms with Crippen molar-refractivity contribution < 1.29 is 23.4 Å². The molecule has 3 rings (SSSR count). The Hall–Kier alpha value is -2.91. The molecule has 0 amide bonds. The van der Waals surface area contributed by atoms with Crippen molar-refractivity contribution in [2.75, 3.05) is 72.6 Å². The number of hydrogen-bond acceptors (Lipinski definition) is 7. The van der Waals surface area contributed by atoms with Gasteiger partial charge in [-0.2, -0.15) is 0 Å². The van der Waals surface area contributed by atoms with Gasteiger partial charge in [0.05, 0.1) is 40.8 Å². The molecular weight excluding hydrogens is 412 g/mol. The predicted molar refractivity (Wildman–Crippen MR) is 124 cm³/mol. The molecule has 1 aromatic carbocycles. The molecule has 0 saturated carbocycles. The molecule has 0 aliphatic carbocycles. The Morgan fingerprint density at radius 2 is 1.84 bits per heavy atom. The molecule has 0 unspecified atom stereocenters. The molecule has 32 heavy (non-hydrogen) atoms. The molecule has 2 N–H and O–H groups in total. The Morgan fingerprint density at radius 1 is 1.09 bits per heavy atom. The monoisotopic (exact) mass is 446 g/mol. The van der Waals surface area contributed by atoms with Gasteiger partial charge in [0, 0.05) is 57.0 Å². The highest BCUT2D eigenvalue weighted by Gasteiger charge is 2.14. The fourth-order valence-corrected chi connectivity index (χ4v) is 3.50. The molecule has 1 saturated heterocycles. The lowest BCUT2D eigenvalue weighted by Gasteiger charge is -2.26. The van der Waals surface area contributed by atoms with Gasteiger partial charge in [-0.25, -0.2) is 0 Å². The average molecular weight is 447 g/mol. The van der Waals surface area contributed by atoms with E-state index in [1.165, 1.54) is 0 Å². The highest BCUT2D eigenvalue weighted by Crippen LogP contribution is 2.39. The highest BCUT2D eigenvalue weighted by molar-refractivity contribution is 5.94. The van der Waals surface area contributed by atoms with Crippen LogP contribution in [0, 0.1) is 0 Å². The lowest BCUT2D eigenvalue weighted by Crippen LogP contribution is -2.37. The van der Waals surface area contributed by atoms with Gasteiger partial charge in [-0.1, -0.05) is 0 Å². The number of nitrogens with one attached hydrogen (secondary N) is 2. The molecule has 1 fully saturated rings. The summed E-state index contributed by atoms with van der Waals surface area (Å²) in [7, 11) is 4.79. The summed E-state index contributed by atoms with van der Waals surface area (Å²) in [5.41, 5.74) is 0.789. The minimum atomic E-state index is 0.551. The zero-order valence-corrected chi connectivity index (χ0v) is 19.2. The van der Waals surface area contributed by atoms with E-state index in [1.54, 1.807) is 27.6 Å².